The molecule has 2 aromatic rings. The predicted octanol–water partition coefficient (Wildman–Crippen LogP) is 1.78. The Morgan fingerprint density at radius 2 is 2.28 bits per heavy atom. The normalized spacial score (nSPS) is 19.6. The number of nitrogens with two attached hydrogens (primary N) is 1. The molecule has 1 atom stereocenters. The van der Waals surface area contributed by atoms with Crippen molar-refractivity contribution in [2.45, 2.75) is 18.9 Å². The van der Waals surface area contributed by atoms with Crippen molar-refractivity contribution in [2.75, 3.05) is 23.8 Å². The lowest BCUT2D eigenvalue weighted by molar-refractivity contribution is 0.266. The topological polar surface area (TPSA) is 62.4 Å². The summed E-state index contributed by atoms with van der Waals surface area (Å²) >= 11 is 0. The number of fused-ring (bicyclic) bond motifs is 1. The Labute approximate surface area is 106 Å². The largest absolute Gasteiger partial charge is 0.399 e. The monoisotopic (exact) mass is 243 g/mol. The molecule has 0 bridgehead atoms. The average molecular weight is 243 g/mol. The first-order valence-corrected chi connectivity index (χ1v) is 6.31. The van der Waals surface area contributed by atoms with Crippen molar-refractivity contribution >= 4 is 22.3 Å². The third-order valence-electron chi connectivity index (χ3n) is 3.64. The summed E-state index contributed by atoms with van der Waals surface area (Å²) in [5.74, 6) is 0. The van der Waals surface area contributed by atoms with Gasteiger partial charge in [0.15, 0.2) is 0 Å². The van der Waals surface area contributed by atoms with Crippen LogP contribution in [0.25, 0.3) is 10.9 Å². The fourth-order valence-electron chi connectivity index (χ4n) is 2.74. The fourth-order valence-corrected chi connectivity index (χ4v) is 2.74. The Bertz CT molecular complexity index is 570. The molecule has 0 amide bonds. The smallest absolute Gasteiger partial charge is 0.0743 e. The molecular weight excluding hydrogens is 226 g/mol. The van der Waals surface area contributed by atoms with Gasteiger partial charge < -0.3 is 15.7 Å². The number of nitrogen functional groups attached to an aromatic ring is 1. The second-order valence-electron chi connectivity index (χ2n) is 4.78. The predicted molar refractivity (Wildman–Crippen MR) is 73.6 cm³/mol. The minimum absolute atomic E-state index is 0.207. The lowest BCUT2D eigenvalue weighted by atomic mass is 10.1. The molecule has 1 aliphatic heterocycles. The van der Waals surface area contributed by atoms with Crippen molar-refractivity contribution in [1.82, 2.24) is 4.98 Å². The summed E-state index contributed by atoms with van der Waals surface area (Å²) in [5.41, 5.74) is 8.58. The molecule has 0 saturated carbocycles. The fraction of sp³-hybridized carbons (Fsp3) is 0.357. The third-order valence-corrected chi connectivity index (χ3v) is 3.64. The zero-order valence-corrected chi connectivity index (χ0v) is 10.2. The maximum atomic E-state index is 9.44. The van der Waals surface area contributed by atoms with Crippen molar-refractivity contribution in [3.63, 3.8) is 0 Å². The molecule has 1 aliphatic rings. The number of pyridine rings is 1. The Balaban J connectivity index is 2.11. The van der Waals surface area contributed by atoms with Crippen molar-refractivity contribution < 1.29 is 5.11 Å². The minimum atomic E-state index is 0.207. The van der Waals surface area contributed by atoms with Crippen LogP contribution in [-0.4, -0.2) is 29.3 Å². The van der Waals surface area contributed by atoms with E-state index in [1.807, 2.05) is 30.5 Å². The van der Waals surface area contributed by atoms with Crippen LogP contribution in [0.2, 0.25) is 0 Å². The highest BCUT2D eigenvalue weighted by Crippen LogP contribution is 2.31. The van der Waals surface area contributed by atoms with Gasteiger partial charge in [0, 0.05) is 29.5 Å². The van der Waals surface area contributed by atoms with Crippen LogP contribution in [0, 0.1) is 0 Å². The summed E-state index contributed by atoms with van der Waals surface area (Å²) in [4.78, 5) is 6.63. The molecule has 0 spiro atoms. The lowest BCUT2D eigenvalue weighted by Gasteiger charge is -2.26. The maximum Gasteiger partial charge on any atom is 0.0743 e. The zero-order chi connectivity index (χ0) is 12.5. The number of benzene rings is 1. The van der Waals surface area contributed by atoms with Crippen LogP contribution in [0.5, 0.6) is 0 Å². The highest BCUT2D eigenvalue weighted by molar-refractivity contribution is 5.93. The third kappa shape index (κ3) is 1.78. The van der Waals surface area contributed by atoms with Gasteiger partial charge in [-0.05, 0) is 37.1 Å². The summed E-state index contributed by atoms with van der Waals surface area (Å²) in [6.45, 7) is 1.20. The van der Waals surface area contributed by atoms with Gasteiger partial charge in [-0.1, -0.05) is 0 Å². The standard InChI is InChI=1S/C14H17N3O/c15-10-3-4-12-13(8-10)16-6-5-14(12)17-7-1-2-11(17)9-18/h3-6,8,11,18H,1-2,7,9,15H2. The SMILES string of the molecule is Nc1ccc2c(N3CCCC3CO)ccnc2c1. The van der Waals surface area contributed by atoms with E-state index in [2.05, 4.69) is 9.88 Å². The van der Waals surface area contributed by atoms with E-state index < -0.39 is 0 Å². The quantitative estimate of drug-likeness (QED) is 0.789. The molecule has 3 rings (SSSR count). The summed E-state index contributed by atoms with van der Waals surface area (Å²) < 4.78 is 0. The Morgan fingerprint density at radius 3 is 3.11 bits per heavy atom. The van der Waals surface area contributed by atoms with Crippen LogP contribution in [0.4, 0.5) is 11.4 Å². The van der Waals surface area contributed by atoms with E-state index in [0.717, 1.165) is 41.7 Å². The minimum Gasteiger partial charge on any atom is -0.399 e. The number of hydrogen-bond donors (Lipinski definition) is 2. The van der Waals surface area contributed by atoms with Crippen LogP contribution in [0.15, 0.2) is 30.5 Å². The van der Waals surface area contributed by atoms with E-state index in [1.54, 1.807) is 0 Å². The Hall–Kier alpha value is -1.81. The van der Waals surface area contributed by atoms with Crippen molar-refractivity contribution in [2.24, 2.45) is 0 Å². The first-order valence-electron chi connectivity index (χ1n) is 6.31. The van der Waals surface area contributed by atoms with Gasteiger partial charge in [0.05, 0.1) is 18.2 Å². The van der Waals surface area contributed by atoms with Crippen LogP contribution in [0.3, 0.4) is 0 Å². The van der Waals surface area contributed by atoms with Gasteiger partial charge in [0.1, 0.15) is 0 Å². The van der Waals surface area contributed by atoms with E-state index in [9.17, 15) is 5.11 Å². The Morgan fingerprint density at radius 1 is 1.39 bits per heavy atom. The van der Waals surface area contributed by atoms with E-state index in [1.165, 1.54) is 0 Å². The molecule has 0 radical (unpaired) electrons. The second kappa shape index (κ2) is 4.46. The van der Waals surface area contributed by atoms with Gasteiger partial charge in [-0.25, -0.2) is 0 Å². The van der Waals surface area contributed by atoms with E-state index in [0.29, 0.717) is 0 Å². The number of aliphatic hydroxyl groups excluding tert-OH is 1. The number of aliphatic hydroxyl groups is 1. The average Bonchev–Trinajstić information content (AvgIpc) is 2.85. The molecule has 2 heterocycles. The highest BCUT2D eigenvalue weighted by Gasteiger charge is 2.25. The number of aromatic nitrogens is 1. The van der Waals surface area contributed by atoms with Crippen molar-refractivity contribution in [1.29, 1.82) is 0 Å². The maximum absolute atomic E-state index is 9.44. The molecule has 4 heteroatoms. The molecule has 1 saturated heterocycles. The number of hydrogen-bond acceptors (Lipinski definition) is 4. The summed E-state index contributed by atoms with van der Waals surface area (Å²) in [5, 5.41) is 10.5. The number of rotatable bonds is 2. The van der Waals surface area contributed by atoms with Crippen LogP contribution in [0.1, 0.15) is 12.8 Å². The summed E-state index contributed by atoms with van der Waals surface area (Å²) in [7, 11) is 0. The molecule has 4 nitrogen and oxygen atoms in total. The molecule has 1 fully saturated rings. The lowest BCUT2D eigenvalue weighted by Crippen LogP contribution is -2.32. The molecule has 18 heavy (non-hydrogen) atoms. The van der Waals surface area contributed by atoms with Crippen LogP contribution in [-0.2, 0) is 0 Å². The summed E-state index contributed by atoms with van der Waals surface area (Å²) in [6, 6.07) is 8.06. The van der Waals surface area contributed by atoms with Crippen molar-refractivity contribution in [3.8, 4) is 0 Å². The molecule has 0 aliphatic carbocycles. The molecule has 3 N–H and O–H groups in total. The molecule has 1 aromatic carbocycles. The van der Waals surface area contributed by atoms with E-state index >= 15 is 0 Å². The molecule has 94 valence electrons. The molecule has 1 unspecified atom stereocenters. The Kier molecular flexibility index (Phi) is 2.80. The second-order valence-corrected chi connectivity index (χ2v) is 4.78. The number of anilines is 2. The van der Waals surface area contributed by atoms with Gasteiger partial charge in [0.25, 0.3) is 0 Å². The summed E-state index contributed by atoms with van der Waals surface area (Å²) in [6.07, 6.45) is 3.99. The number of nitrogens with zero attached hydrogens (tertiary/aromatic N) is 2. The van der Waals surface area contributed by atoms with Gasteiger partial charge in [-0.3, -0.25) is 4.98 Å². The van der Waals surface area contributed by atoms with Gasteiger partial charge in [-0.2, -0.15) is 0 Å². The van der Waals surface area contributed by atoms with E-state index in [4.69, 9.17) is 5.73 Å². The zero-order valence-electron chi connectivity index (χ0n) is 10.2. The first-order chi connectivity index (χ1) is 8.79. The van der Waals surface area contributed by atoms with Crippen LogP contribution >= 0.6 is 0 Å². The van der Waals surface area contributed by atoms with Crippen molar-refractivity contribution in [3.05, 3.63) is 30.5 Å². The van der Waals surface area contributed by atoms with E-state index in [-0.39, 0.29) is 12.6 Å². The van der Waals surface area contributed by atoms with Gasteiger partial charge in [0.2, 0.25) is 0 Å². The van der Waals surface area contributed by atoms with Gasteiger partial charge >= 0.3 is 0 Å². The molecular formula is C14H17N3O. The molecule has 1 aromatic heterocycles. The first kappa shape index (κ1) is 11.3. The van der Waals surface area contributed by atoms with Crippen LogP contribution < -0.4 is 10.6 Å². The van der Waals surface area contributed by atoms with Gasteiger partial charge in [-0.15, -0.1) is 0 Å². The highest BCUT2D eigenvalue weighted by atomic mass is 16.3.